The third-order valence-corrected chi connectivity index (χ3v) is 9.45. The number of halogens is 1. The average molecular weight is 725 g/mol. The van der Waals surface area contributed by atoms with E-state index < -0.39 is 27.6 Å². The highest BCUT2D eigenvalue weighted by Gasteiger charge is 2.19. The third-order valence-electron chi connectivity index (χ3n) is 7.30. The molecule has 4 aromatic rings. The summed E-state index contributed by atoms with van der Waals surface area (Å²) in [5.41, 5.74) is 12.7. The summed E-state index contributed by atoms with van der Waals surface area (Å²) in [6.45, 7) is 0.447. The Hall–Kier alpha value is -5.81. The monoisotopic (exact) mass is 724 g/mol. The Morgan fingerprint density at radius 1 is 0.820 bits per heavy atom. The van der Waals surface area contributed by atoms with E-state index >= 15 is 0 Å². The van der Waals surface area contributed by atoms with Gasteiger partial charge < -0.3 is 46.4 Å². The van der Waals surface area contributed by atoms with Crippen LogP contribution in [0.1, 0.15) is 37.0 Å². The quantitative estimate of drug-likeness (QED) is 0.0369. The van der Waals surface area contributed by atoms with Crippen LogP contribution < -0.4 is 32.7 Å². The predicted molar refractivity (Wildman–Crippen MR) is 192 cm³/mol. The highest BCUT2D eigenvalue weighted by molar-refractivity contribution is 7.91. The zero-order valence-corrected chi connectivity index (χ0v) is 29.0. The molecule has 0 saturated heterocycles. The number of aromatic nitrogens is 3. The van der Waals surface area contributed by atoms with E-state index in [0.29, 0.717) is 28.5 Å². The van der Waals surface area contributed by atoms with Gasteiger partial charge in [0.05, 0.1) is 28.6 Å². The molecule has 0 unspecified atom stereocenters. The normalized spacial score (nSPS) is 11.3. The van der Waals surface area contributed by atoms with Crippen LogP contribution in [0.5, 0.6) is 0 Å². The molecule has 3 heterocycles. The molecule has 0 radical (unpaired) electrons. The standard InChI is InChI=1S/C32H37ClN10O6S/c1-41-18-21(16-25(41)29(45)36-13-14-37-32(34)35)39-31(47)26-17-22(19-42(26)2)38-30(46)24-9-10-27(43(24)3)40-28(44)11-6-20-4-7-23(8-5-20)50(48,49)15-12-33/h4-11,16-19H,12-15H2,1-3H3,(H,36,45)(H,38,46)(H,39,47)(H,40,44)(H4,34,35,37)/b11-6+. The van der Waals surface area contributed by atoms with Gasteiger partial charge in [0.2, 0.25) is 5.91 Å². The molecule has 0 atom stereocenters. The van der Waals surface area contributed by atoms with Crippen LogP contribution in [-0.2, 0) is 35.8 Å². The molecule has 50 heavy (non-hydrogen) atoms. The van der Waals surface area contributed by atoms with E-state index in [1.54, 1.807) is 60.9 Å². The largest absolute Gasteiger partial charge is 0.370 e. The van der Waals surface area contributed by atoms with Crippen molar-refractivity contribution in [1.29, 1.82) is 0 Å². The topological polar surface area (TPSA) is 230 Å². The number of alkyl halides is 1. The van der Waals surface area contributed by atoms with Gasteiger partial charge in [-0.2, -0.15) is 0 Å². The van der Waals surface area contributed by atoms with Crippen LogP contribution >= 0.6 is 11.6 Å². The Morgan fingerprint density at radius 3 is 1.98 bits per heavy atom. The number of anilines is 3. The van der Waals surface area contributed by atoms with Gasteiger partial charge in [0.25, 0.3) is 17.7 Å². The molecule has 0 spiro atoms. The number of benzene rings is 1. The van der Waals surface area contributed by atoms with Crippen molar-refractivity contribution >= 4 is 74.3 Å². The van der Waals surface area contributed by atoms with Gasteiger partial charge in [-0.15, -0.1) is 11.6 Å². The van der Waals surface area contributed by atoms with Crippen LogP contribution in [0.3, 0.4) is 0 Å². The predicted octanol–water partition coefficient (Wildman–Crippen LogP) is 1.87. The second kappa shape index (κ2) is 16.1. The number of aryl methyl sites for hydroxylation is 2. The zero-order chi connectivity index (χ0) is 36.6. The second-order valence-corrected chi connectivity index (χ2v) is 13.5. The number of amides is 4. The van der Waals surface area contributed by atoms with Crippen LogP contribution in [0, 0.1) is 0 Å². The van der Waals surface area contributed by atoms with E-state index in [4.69, 9.17) is 23.1 Å². The first-order valence-corrected chi connectivity index (χ1v) is 17.2. The van der Waals surface area contributed by atoms with E-state index in [2.05, 4.69) is 26.3 Å². The molecule has 4 amide bonds. The lowest BCUT2D eigenvalue weighted by atomic mass is 10.2. The van der Waals surface area contributed by atoms with Crippen molar-refractivity contribution in [3.05, 3.63) is 89.6 Å². The van der Waals surface area contributed by atoms with Crippen LogP contribution in [0.25, 0.3) is 6.08 Å². The number of nitrogens with two attached hydrogens (primary N) is 2. The first-order chi connectivity index (χ1) is 23.7. The van der Waals surface area contributed by atoms with E-state index in [-0.39, 0.29) is 52.9 Å². The molecule has 0 bridgehead atoms. The summed E-state index contributed by atoms with van der Waals surface area (Å²) in [7, 11) is 1.45. The lowest BCUT2D eigenvalue weighted by Crippen LogP contribution is -2.29. The summed E-state index contributed by atoms with van der Waals surface area (Å²) < 4.78 is 28.9. The van der Waals surface area contributed by atoms with Crippen molar-refractivity contribution in [3.8, 4) is 0 Å². The van der Waals surface area contributed by atoms with Gasteiger partial charge in [0.15, 0.2) is 15.8 Å². The summed E-state index contributed by atoms with van der Waals surface area (Å²) in [5, 5.41) is 10.9. The molecule has 0 aliphatic heterocycles. The summed E-state index contributed by atoms with van der Waals surface area (Å²) in [6.07, 6.45) is 5.98. The fraction of sp³-hybridized carbons (Fsp3) is 0.219. The summed E-state index contributed by atoms with van der Waals surface area (Å²) in [4.78, 5) is 55.3. The minimum absolute atomic E-state index is 0.00875. The van der Waals surface area contributed by atoms with Gasteiger partial charge in [-0.05, 0) is 48.0 Å². The van der Waals surface area contributed by atoms with Crippen molar-refractivity contribution in [2.45, 2.75) is 4.90 Å². The number of hydrogen-bond donors (Lipinski definition) is 6. The smallest absolute Gasteiger partial charge is 0.272 e. The highest BCUT2D eigenvalue weighted by Crippen LogP contribution is 2.20. The van der Waals surface area contributed by atoms with Gasteiger partial charge >= 0.3 is 0 Å². The van der Waals surface area contributed by atoms with Gasteiger partial charge in [0.1, 0.15) is 22.9 Å². The van der Waals surface area contributed by atoms with Crippen LogP contribution in [0.2, 0.25) is 0 Å². The van der Waals surface area contributed by atoms with Gasteiger partial charge in [-0.1, -0.05) is 12.1 Å². The Balaban J connectivity index is 1.34. The molecule has 0 aliphatic carbocycles. The number of carbonyl (C=O) groups is 4. The van der Waals surface area contributed by atoms with Gasteiger partial charge in [-0.25, -0.2) is 8.42 Å². The number of rotatable bonds is 14. The molecular formula is C32H37ClN10O6S. The van der Waals surface area contributed by atoms with Crippen molar-refractivity contribution in [2.24, 2.45) is 37.6 Å². The number of hydrogen-bond acceptors (Lipinski definition) is 7. The van der Waals surface area contributed by atoms with Crippen molar-refractivity contribution < 1.29 is 27.6 Å². The molecule has 0 aliphatic rings. The van der Waals surface area contributed by atoms with E-state index in [1.165, 1.54) is 47.1 Å². The molecule has 264 valence electrons. The minimum atomic E-state index is -3.46. The van der Waals surface area contributed by atoms with E-state index in [1.807, 2.05) is 0 Å². The molecule has 0 saturated carbocycles. The molecule has 18 heteroatoms. The maximum Gasteiger partial charge on any atom is 0.272 e. The maximum absolute atomic E-state index is 13.1. The first kappa shape index (κ1) is 37.0. The molecule has 0 fully saturated rings. The Kier molecular flexibility index (Phi) is 11.9. The fourth-order valence-corrected chi connectivity index (χ4v) is 6.36. The van der Waals surface area contributed by atoms with Crippen LogP contribution in [0.15, 0.2) is 76.9 Å². The van der Waals surface area contributed by atoms with E-state index in [9.17, 15) is 27.6 Å². The molecule has 3 aromatic heterocycles. The van der Waals surface area contributed by atoms with Crippen molar-refractivity contribution in [2.75, 3.05) is 40.7 Å². The summed E-state index contributed by atoms with van der Waals surface area (Å²) >= 11 is 5.56. The van der Waals surface area contributed by atoms with Crippen LogP contribution in [-0.4, -0.2) is 76.4 Å². The summed E-state index contributed by atoms with van der Waals surface area (Å²) in [5.74, 6) is -1.69. The number of sulfone groups is 1. The van der Waals surface area contributed by atoms with Gasteiger partial charge in [0, 0.05) is 52.0 Å². The molecule has 1 aromatic carbocycles. The molecule has 8 N–H and O–H groups in total. The number of aliphatic imine (C=N–C) groups is 1. The van der Waals surface area contributed by atoms with Crippen LogP contribution in [0.4, 0.5) is 17.2 Å². The van der Waals surface area contributed by atoms with Gasteiger partial charge in [-0.3, -0.25) is 24.2 Å². The molecular weight excluding hydrogens is 688 g/mol. The fourth-order valence-electron chi connectivity index (χ4n) is 4.76. The number of guanidine groups is 1. The summed E-state index contributed by atoms with van der Waals surface area (Å²) in [6, 6.07) is 12.2. The maximum atomic E-state index is 13.1. The number of nitrogens with zero attached hydrogens (tertiary/aromatic N) is 4. The van der Waals surface area contributed by atoms with Crippen molar-refractivity contribution in [3.63, 3.8) is 0 Å². The SMILES string of the molecule is Cn1cc(NC(=O)c2cc(NC(=O)c3ccc(NC(=O)/C=C/c4ccc(S(=O)(=O)CCCl)cc4)n3C)cn2C)cc1C(=O)NCCN=C(N)N. The minimum Gasteiger partial charge on any atom is -0.370 e. The first-order valence-electron chi connectivity index (χ1n) is 15.0. The number of nitrogens with one attached hydrogen (secondary N) is 4. The molecule has 4 rings (SSSR count). The number of carbonyl (C=O) groups excluding carboxylic acids is 4. The lowest BCUT2D eigenvalue weighted by Gasteiger charge is -2.08. The van der Waals surface area contributed by atoms with Crippen molar-refractivity contribution in [1.82, 2.24) is 19.0 Å². The lowest BCUT2D eigenvalue weighted by molar-refractivity contribution is -0.111. The highest BCUT2D eigenvalue weighted by atomic mass is 35.5. The molecule has 16 nitrogen and oxygen atoms in total. The average Bonchev–Trinajstić information content (AvgIpc) is 3.73. The second-order valence-electron chi connectivity index (χ2n) is 11.0. The third kappa shape index (κ3) is 9.42. The zero-order valence-electron chi connectivity index (χ0n) is 27.4. The Morgan fingerprint density at radius 2 is 1.40 bits per heavy atom. The Labute approximate surface area is 293 Å². The van der Waals surface area contributed by atoms with E-state index in [0.717, 1.165) is 0 Å². The Bertz CT molecular complexity index is 2070.